The molecule has 2 heterocycles. The maximum atomic E-state index is 13.5. The van der Waals surface area contributed by atoms with E-state index < -0.39 is 4.92 Å². The number of benzene rings is 2. The lowest BCUT2D eigenvalue weighted by molar-refractivity contribution is -0.384. The molecule has 0 amide bonds. The predicted molar refractivity (Wildman–Crippen MR) is 110 cm³/mol. The summed E-state index contributed by atoms with van der Waals surface area (Å²) in [6.45, 7) is 2.91. The molecular weight excluding hydrogens is 368 g/mol. The molecule has 1 aliphatic rings. The summed E-state index contributed by atoms with van der Waals surface area (Å²) in [5, 5.41) is 21.5. The number of nitro groups is 1. The Bertz CT molecular complexity index is 1160. The molecule has 1 unspecified atom stereocenters. The van der Waals surface area contributed by atoms with Gasteiger partial charge >= 0.3 is 0 Å². The van der Waals surface area contributed by atoms with Crippen LogP contribution in [-0.4, -0.2) is 28.0 Å². The number of non-ortho nitro benzene ring substituents is 1. The molecule has 1 aromatic heterocycles. The van der Waals surface area contributed by atoms with Gasteiger partial charge in [0.15, 0.2) is 0 Å². The second kappa shape index (κ2) is 7.40. The molecular formula is C22H20N4O3. The van der Waals surface area contributed by atoms with Crippen LogP contribution >= 0.6 is 0 Å². The number of nitrogens with zero attached hydrogens (tertiary/aromatic N) is 4. The van der Waals surface area contributed by atoms with Crippen LogP contribution in [0.15, 0.2) is 48.7 Å². The zero-order chi connectivity index (χ0) is 20.5. The maximum Gasteiger partial charge on any atom is 0.270 e. The third-order valence-electron chi connectivity index (χ3n) is 5.58. The van der Waals surface area contributed by atoms with Gasteiger partial charge in [-0.1, -0.05) is 18.2 Å². The van der Waals surface area contributed by atoms with Crippen molar-refractivity contribution in [3.8, 4) is 6.07 Å². The lowest BCUT2D eigenvalue weighted by Gasteiger charge is -2.36. The minimum Gasteiger partial charge on any atom is -0.368 e. The second-order valence-electron chi connectivity index (χ2n) is 7.34. The van der Waals surface area contributed by atoms with Gasteiger partial charge in [-0.2, -0.15) is 5.26 Å². The molecule has 3 aromatic rings. The average molecular weight is 388 g/mol. The molecule has 7 nitrogen and oxygen atoms in total. The number of carbonyl (C=O) groups excluding carboxylic acids is 1. The number of anilines is 1. The highest BCUT2D eigenvalue weighted by Crippen LogP contribution is 2.32. The van der Waals surface area contributed by atoms with E-state index in [0.29, 0.717) is 22.2 Å². The summed E-state index contributed by atoms with van der Waals surface area (Å²) in [7, 11) is 0. The van der Waals surface area contributed by atoms with Crippen LogP contribution in [0.1, 0.15) is 42.1 Å². The largest absolute Gasteiger partial charge is 0.368 e. The lowest BCUT2D eigenvalue weighted by atomic mass is 10.0. The maximum absolute atomic E-state index is 13.5. The fourth-order valence-electron chi connectivity index (χ4n) is 4.08. The van der Waals surface area contributed by atoms with E-state index in [9.17, 15) is 20.2 Å². The Labute approximate surface area is 167 Å². The summed E-state index contributed by atoms with van der Waals surface area (Å²) in [4.78, 5) is 26.6. The molecule has 0 aliphatic carbocycles. The molecule has 29 heavy (non-hydrogen) atoms. The van der Waals surface area contributed by atoms with E-state index in [4.69, 9.17) is 0 Å². The normalized spacial score (nSPS) is 16.6. The topological polar surface area (TPSA) is 92.2 Å². The summed E-state index contributed by atoms with van der Waals surface area (Å²) in [6, 6.07) is 14.0. The number of para-hydroxylation sites is 1. The summed E-state index contributed by atoms with van der Waals surface area (Å²) < 4.78 is 1.42. The fraction of sp³-hybridized carbons (Fsp3) is 0.273. The van der Waals surface area contributed by atoms with Crippen molar-refractivity contribution in [1.29, 1.82) is 5.26 Å². The Morgan fingerprint density at radius 2 is 2.03 bits per heavy atom. The van der Waals surface area contributed by atoms with Crippen LogP contribution in [0.3, 0.4) is 0 Å². The Balaban J connectivity index is 1.89. The first-order valence-corrected chi connectivity index (χ1v) is 9.61. The van der Waals surface area contributed by atoms with Crippen molar-refractivity contribution in [1.82, 2.24) is 4.57 Å². The zero-order valence-corrected chi connectivity index (χ0v) is 16.0. The quantitative estimate of drug-likeness (QED) is 0.487. The van der Waals surface area contributed by atoms with Crippen molar-refractivity contribution in [3.63, 3.8) is 0 Å². The van der Waals surface area contributed by atoms with E-state index in [0.717, 1.165) is 25.8 Å². The molecule has 0 saturated carbocycles. The van der Waals surface area contributed by atoms with Crippen molar-refractivity contribution in [2.24, 2.45) is 0 Å². The summed E-state index contributed by atoms with van der Waals surface area (Å²) >= 11 is 0. The second-order valence-corrected chi connectivity index (χ2v) is 7.34. The first-order valence-electron chi connectivity index (χ1n) is 9.61. The van der Waals surface area contributed by atoms with Gasteiger partial charge < -0.3 is 4.90 Å². The minimum atomic E-state index is -0.491. The van der Waals surface area contributed by atoms with Crippen molar-refractivity contribution in [3.05, 3.63) is 69.9 Å². The highest BCUT2D eigenvalue weighted by molar-refractivity contribution is 6.07. The van der Waals surface area contributed by atoms with E-state index >= 15 is 0 Å². The monoisotopic (exact) mass is 388 g/mol. The van der Waals surface area contributed by atoms with Crippen LogP contribution in [0.4, 0.5) is 11.4 Å². The number of nitriles is 1. The number of piperidine rings is 1. The molecule has 1 atom stereocenters. The van der Waals surface area contributed by atoms with Crippen molar-refractivity contribution in [2.45, 2.75) is 32.2 Å². The van der Waals surface area contributed by atoms with E-state index in [1.54, 1.807) is 24.3 Å². The SMILES string of the molecule is CC1CCCCN1c1ccc([N+](=O)[O-])cc1C(=O)n1cc(C#N)c2ccccc21. The average Bonchev–Trinajstić information content (AvgIpc) is 3.12. The summed E-state index contributed by atoms with van der Waals surface area (Å²) in [5.74, 6) is -0.376. The van der Waals surface area contributed by atoms with Gasteiger partial charge in [0.05, 0.1) is 27.3 Å². The van der Waals surface area contributed by atoms with Gasteiger partial charge in [-0.05, 0) is 38.3 Å². The van der Waals surface area contributed by atoms with Crippen LogP contribution in [-0.2, 0) is 0 Å². The Morgan fingerprint density at radius 1 is 1.24 bits per heavy atom. The fourth-order valence-corrected chi connectivity index (χ4v) is 4.08. The van der Waals surface area contributed by atoms with E-state index in [2.05, 4.69) is 17.9 Å². The number of hydrogen-bond acceptors (Lipinski definition) is 5. The number of aromatic nitrogens is 1. The summed E-state index contributed by atoms with van der Waals surface area (Å²) in [5.41, 5.74) is 1.85. The Kier molecular flexibility index (Phi) is 4.77. The highest BCUT2D eigenvalue weighted by Gasteiger charge is 2.27. The molecule has 1 fully saturated rings. The van der Waals surface area contributed by atoms with Gasteiger partial charge in [-0.15, -0.1) is 0 Å². The third kappa shape index (κ3) is 3.23. The van der Waals surface area contributed by atoms with Gasteiger partial charge in [0.25, 0.3) is 11.6 Å². The van der Waals surface area contributed by atoms with Gasteiger partial charge in [0.2, 0.25) is 0 Å². The standard InChI is InChI=1S/C22H20N4O3/c1-15-6-4-5-11-24(15)21-10-9-17(26(28)29)12-19(21)22(27)25-14-16(13-23)18-7-2-3-8-20(18)25/h2-3,7-10,12,14-15H,4-6,11H2,1H3. The molecule has 1 aliphatic heterocycles. The van der Waals surface area contributed by atoms with Gasteiger partial charge in [0.1, 0.15) is 6.07 Å². The summed E-state index contributed by atoms with van der Waals surface area (Å²) in [6.07, 6.45) is 4.66. The Morgan fingerprint density at radius 3 is 2.76 bits per heavy atom. The predicted octanol–water partition coefficient (Wildman–Crippen LogP) is 4.49. The van der Waals surface area contributed by atoms with E-state index in [1.807, 2.05) is 6.07 Å². The first-order chi connectivity index (χ1) is 14.0. The molecule has 146 valence electrons. The molecule has 0 bridgehead atoms. The lowest BCUT2D eigenvalue weighted by Crippen LogP contribution is -2.38. The number of nitro benzene ring substituents is 1. The smallest absolute Gasteiger partial charge is 0.270 e. The highest BCUT2D eigenvalue weighted by atomic mass is 16.6. The third-order valence-corrected chi connectivity index (χ3v) is 5.58. The number of fused-ring (bicyclic) bond motifs is 1. The number of carbonyl (C=O) groups is 1. The number of hydrogen-bond donors (Lipinski definition) is 0. The molecule has 0 N–H and O–H groups in total. The molecule has 0 radical (unpaired) electrons. The van der Waals surface area contributed by atoms with Gasteiger partial charge in [0, 0.05) is 36.3 Å². The van der Waals surface area contributed by atoms with Crippen LogP contribution in [0, 0.1) is 21.4 Å². The van der Waals surface area contributed by atoms with Gasteiger partial charge in [-0.25, -0.2) is 0 Å². The van der Waals surface area contributed by atoms with Crippen LogP contribution in [0.5, 0.6) is 0 Å². The zero-order valence-electron chi connectivity index (χ0n) is 16.0. The van der Waals surface area contributed by atoms with Gasteiger partial charge in [-0.3, -0.25) is 19.5 Å². The molecule has 1 saturated heterocycles. The van der Waals surface area contributed by atoms with E-state index in [1.165, 1.54) is 22.9 Å². The van der Waals surface area contributed by atoms with Crippen molar-refractivity contribution in [2.75, 3.05) is 11.4 Å². The van der Waals surface area contributed by atoms with Crippen LogP contribution < -0.4 is 4.90 Å². The number of rotatable bonds is 3. The molecule has 7 heteroatoms. The van der Waals surface area contributed by atoms with E-state index in [-0.39, 0.29) is 23.2 Å². The van der Waals surface area contributed by atoms with Crippen molar-refractivity contribution >= 4 is 28.2 Å². The van der Waals surface area contributed by atoms with Crippen LogP contribution in [0.2, 0.25) is 0 Å². The molecule has 2 aromatic carbocycles. The molecule has 4 rings (SSSR count). The van der Waals surface area contributed by atoms with Crippen molar-refractivity contribution < 1.29 is 9.72 Å². The minimum absolute atomic E-state index is 0.126. The first kappa shape index (κ1) is 18.7. The van der Waals surface area contributed by atoms with Crippen LogP contribution in [0.25, 0.3) is 10.9 Å². The Hall–Kier alpha value is -3.66. The molecule has 0 spiro atoms.